The van der Waals surface area contributed by atoms with Crippen molar-refractivity contribution in [3.05, 3.63) is 24.2 Å². The fourth-order valence-corrected chi connectivity index (χ4v) is 3.37. The van der Waals surface area contributed by atoms with Crippen molar-refractivity contribution in [3.8, 4) is 0 Å². The number of nitrogens with one attached hydrogen (secondary N) is 1. The zero-order valence-electron chi connectivity index (χ0n) is 13.2. The second-order valence-electron chi connectivity index (χ2n) is 6.04. The Bertz CT molecular complexity index is 598. The van der Waals surface area contributed by atoms with E-state index in [9.17, 15) is 0 Å². The number of hydrogen-bond donors (Lipinski definition) is 1. The van der Waals surface area contributed by atoms with E-state index in [2.05, 4.69) is 40.2 Å². The first-order valence-electron chi connectivity index (χ1n) is 7.98. The average molecular weight is 287 g/mol. The highest BCUT2D eigenvalue weighted by Gasteiger charge is 2.25. The third-order valence-electron chi connectivity index (χ3n) is 4.56. The number of nitrogens with zero attached hydrogens (tertiary/aromatic N) is 4. The summed E-state index contributed by atoms with van der Waals surface area (Å²) in [6, 6.07) is 2.73. The Morgan fingerprint density at radius 2 is 2.14 bits per heavy atom. The Morgan fingerprint density at radius 1 is 1.38 bits per heavy atom. The van der Waals surface area contributed by atoms with Crippen molar-refractivity contribution >= 4 is 11.3 Å². The molecule has 21 heavy (non-hydrogen) atoms. The van der Waals surface area contributed by atoms with Crippen LogP contribution in [-0.4, -0.2) is 40.3 Å². The first-order valence-corrected chi connectivity index (χ1v) is 7.98. The third kappa shape index (κ3) is 2.88. The van der Waals surface area contributed by atoms with Gasteiger partial charge in [0.05, 0.1) is 5.69 Å². The van der Waals surface area contributed by atoms with Gasteiger partial charge in [0.25, 0.3) is 0 Å². The number of anilines is 1. The monoisotopic (exact) mass is 287 g/mol. The predicted octanol–water partition coefficient (Wildman–Crippen LogP) is 2.25. The quantitative estimate of drug-likeness (QED) is 0.937. The van der Waals surface area contributed by atoms with E-state index in [0.717, 1.165) is 42.6 Å². The summed E-state index contributed by atoms with van der Waals surface area (Å²) in [7, 11) is 0. The molecule has 0 spiro atoms. The van der Waals surface area contributed by atoms with Crippen LogP contribution in [0.3, 0.4) is 0 Å². The van der Waals surface area contributed by atoms with Gasteiger partial charge < -0.3 is 10.2 Å². The van der Waals surface area contributed by atoms with Crippen LogP contribution in [0.2, 0.25) is 0 Å². The van der Waals surface area contributed by atoms with Crippen molar-refractivity contribution in [2.75, 3.05) is 24.5 Å². The maximum Gasteiger partial charge on any atom is 0.154 e. The van der Waals surface area contributed by atoms with Crippen LogP contribution in [0.15, 0.2) is 18.5 Å². The van der Waals surface area contributed by atoms with E-state index >= 15 is 0 Å². The van der Waals surface area contributed by atoms with Crippen molar-refractivity contribution in [2.24, 2.45) is 5.92 Å². The van der Waals surface area contributed by atoms with Gasteiger partial charge in [-0.2, -0.15) is 5.10 Å². The normalized spacial score (nSPS) is 18.3. The molecular weight excluding hydrogens is 262 g/mol. The smallest absolute Gasteiger partial charge is 0.154 e. The summed E-state index contributed by atoms with van der Waals surface area (Å²) >= 11 is 0. The van der Waals surface area contributed by atoms with Gasteiger partial charge in [0.1, 0.15) is 5.52 Å². The van der Waals surface area contributed by atoms with Crippen LogP contribution in [0.4, 0.5) is 5.82 Å². The summed E-state index contributed by atoms with van der Waals surface area (Å²) in [5.41, 5.74) is 2.16. The van der Waals surface area contributed by atoms with E-state index in [1.807, 2.05) is 23.8 Å². The van der Waals surface area contributed by atoms with Gasteiger partial charge in [0.2, 0.25) is 0 Å². The molecule has 0 radical (unpaired) electrons. The molecule has 1 fully saturated rings. The van der Waals surface area contributed by atoms with Crippen molar-refractivity contribution in [2.45, 2.75) is 39.7 Å². The topological polar surface area (TPSA) is 45.5 Å². The molecule has 5 nitrogen and oxygen atoms in total. The van der Waals surface area contributed by atoms with Gasteiger partial charge in [0, 0.05) is 31.5 Å². The first-order chi connectivity index (χ1) is 10.2. The lowest BCUT2D eigenvalue weighted by Crippen LogP contribution is -2.42. The van der Waals surface area contributed by atoms with E-state index < -0.39 is 0 Å². The van der Waals surface area contributed by atoms with Crippen LogP contribution in [-0.2, 0) is 0 Å². The van der Waals surface area contributed by atoms with Gasteiger partial charge in [-0.15, -0.1) is 0 Å². The molecule has 1 unspecified atom stereocenters. The molecule has 1 N–H and O–H groups in total. The van der Waals surface area contributed by atoms with Gasteiger partial charge in [0.15, 0.2) is 5.82 Å². The Hall–Kier alpha value is -1.62. The molecular formula is C16H25N5. The standard InChI is InChI=1S/C16H25N5/c1-4-17-13(3)14-5-8-20(9-6-14)16-15-11-12(2)19-21(15)10-7-18-16/h7,10-11,13-14,17H,4-6,8-9H2,1-3H3. The molecule has 3 rings (SSSR count). The Kier molecular flexibility index (Phi) is 4.10. The van der Waals surface area contributed by atoms with Crippen LogP contribution >= 0.6 is 0 Å². The maximum atomic E-state index is 4.60. The van der Waals surface area contributed by atoms with Crippen LogP contribution < -0.4 is 10.2 Å². The van der Waals surface area contributed by atoms with Crippen LogP contribution in [0.1, 0.15) is 32.4 Å². The van der Waals surface area contributed by atoms with E-state index in [0.29, 0.717) is 6.04 Å². The molecule has 0 aliphatic carbocycles. The summed E-state index contributed by atoms with van der Waals surface area (Å²) < 4.78 is 1.94. The Balaban J connectivity index is 1.74. The van der Waals surface area contributed by atoms with Crippen molar-refractivity contribution in [3.63, 3.8) is 0 Å². The van der Waals surface area contributed by atoms with E-state index in [1.165, 1.54) is 12.8 Å². The second-order valence-corrected chi connectivity index (χ2v) is 6.04. The fourth-order valence-electron chi connectivity index (χ4n) is 3.37. The highest BCUT2D eigenvalue weighted by molar-refractivity contribution is 5.69. The molecule has 0 amide bonds. The molecule has 1 aliphatic heterocycles. The minimum atomic E-state index is 0.609. The molecule has 3 heterocycles. The lowest BCUT2D eigenvalue weighted by Gasteiger charge is -2.35. The molecule has 1 aliphatic rings. The number of fused-ring (bicyclic) bond motifs is 1. The number of aryl methyl sites for hydroxylation is 1. The zero-order valence-corrected chi connectivity index (χ0v) is 13.2. The Morgan fingerprint density at radius 3 is 2.86 bits per heavy atom. The fraction of sp³-hybridized carbons (Fsp3) is 0.625. The number of hydrogen-bond acceptors (Lipinski definition) is 4. The highest BCUT2D eigenvalue weighted by atomic mass is 15.3. The maximum absolute atomic E-state index is 4.60. The summed E-state index contributed by atoms with van der Waals surface area (Å²) in [6.07, 6.45) is 6.22. The molecule has 5 heteroatoms. The van der Waals surface area contributed by atoms with Gasteiger partial charge >= 0.3 is 0 Å². The summed E-state index contributed by atoms with van der Waals surface area (Å²) in [6.45, 7) is 9.73. The molecule has 114 valence electrons. The van der Waals surface area contributed by atoms with E-state index in [1.54, 1.807) is 0 Å². The summed E-state index contributed by atoms with van der Waals surface area (Å²) in [5.74, 6) is 1.85. The third-order valence-corrected chi connectivity index (χ3v) is 4.56. The second kappa shape index (κ2) is 6.02. The SMILES string of the molecule is CCNC(C)C1CCN(c2nccn3nc(C)cc23)CC1. The first kappa shape index (κ1) is 14.3. The van der Waals surface area contributed by atoms with Gasteiger partial charge in [-0.3, -0.25) is 0 Å². The number of rotatable bonds is 4. The molecule has 0 saturated carbocycles. The summed E-state index contributed by atoms with van der Waals surface area (Å²) in [4.78, 5) is 7.01. The van der Waals surface area contributed by atoms with Crippen LogP contribution in [0.25, 0.3) is 5.52 Å². The largest absolute Gasteiger partial charge is 0.355 e. The van der Waals surface area contributed by atoms with E-state index in [-0.39, 0.29) is 0 Å². The average Bonchev–Trinajstić information content (AvgIpc) is 2.87. The molecule has 1 saturated heterocycles. The predicted molar refractivity (Wildman–Crippen MR) is 85.8 cm³/mol. The van der Waals surface area contributed by atoms with Crippen molar-refractivity contribution < 1.29 is 0 Å². The van der Waals surface area contributed by atoms with Crippen molar-refractivity contribution in [1.82, 2.24) is 19.9 Å². The minimum Gasteiger partial charge on any atom is -0.355 e. The molecule has 1 atom stereocenters. The van der Waals surface area contributed by atoms with Gasteiger partial charge in [-0.25, -0.2) is 9.50 Å². The summed E-state index contributed by atoms with van der Waals surface area (Å²) in [5, 5.41) is 8.03. The van der Waals surface area contributed by atoms with E-state index in [4.69, 9.17) is 0 Å². The number of aromatic nitrogens is 3. The van der Waals surface area contributed by atoms with Gasteiger partial charge in [-0.05, 0) is 45.2 Å². The zero-order chi connectivity index (χ0) is 14.8. The lowest BCUT2D eigenvalue weighted by atomic mass is 9.90. The van der Waals surface area contributed by atoms with Gasteiger partial charge in [-0.1, -0.05) is 6.92 Å². The van der Waals surface area contributed by atoms with Crippen LogP contribution in [0.5, 0.6) is 0 Å². The van der Waals surface area contributed by atoms with Crippen LogP contribution in [0, 0.1) is 12.8 Å². The molecule has 0 bridgehead atoms. The number of piperidine rings is 1. The minimum absolute atomic E-state index is 0.609. The van der Waals surface area contributed by atoms with Crippen molar-refractivity contribution in [1.29, 1.82) is 0 Å². The molecule has 2 aromatic rings. The molecule has 2 aromatic heterocycles. The Labute approximate surface area is 126 Å². The molecule has 0 aromatic carbocycles. The highest BCUT2D eigenvalue weighted by Crippen LogP contribution is 2.27. The lowest BCUT2D eigenvalue weighted by molar-refractivity contribution is 0.314.